The van der Waals surface area contributed by atoms with Gasteiger partial charge in [0.15, 0.2) is 5.78 Å². The van der Waals surface area contributed by atoms with Crippen LogP contribution in [0.4, 0.5) is 4.79 Å². The molecule has 0 saturated carbocycles. The third-order valence-corrected chi connectivity index (χ3v) is 5.50. The summed E-state index contributed by atoms with van der Waals surface area (Å²) in [4.78, 5) is 39.3. The highest BCUT2D eigenvalue weighted by atomic mass is 16.6. The zero-order valence-corrected chi connectivity index (χ0v) is 19.9. The standard InChI is InChI=1S/C26H38N2O4/c1-20(27-25(31)32-26(2,3)4)23(29)19-22(14-13-21-11-7-5-8-12-21)15-16-24(30)28-17-9-6-10-18-28/h5,7-8,11-12,15-16,20,22H,6,9-10,13-14,17-19H2,1-4H3,(H,27,31)/b16-15+/t20-,22-/m0/s1. The second kappa shape index (κ2) is 12.4. The van der Waals surface area contributed by atoms with E-state index < -0.39 is 17.7 Å². The highest BCUT2D eigenvalue weighted by Gasteiger charge is 2.23. The molecule has 6 heteroatoms. The van der Waals surface area contributed by atoms with Crippen LogP contribution in [0, 0.1) is 5.92 Å². The van der Waals surface area contributed by atoms with Crippen LogP contribution in [-0.2, 0) is 20.7 Å². The summed E-state index contributed by atoms with van der Waals surface area (Å²) in [7, 11) is 0. The average molecular weight is 443 g/mol. The zero-order valence-electron chi connectivity index (χ0n) is 19.9. The first-order chi connectivity index (χ1) is 15.1. The van der Waals surface area contributed by atoms with Gasteiger partial charge in [0.25, 0.3) is 0 Å². The van der Waals surface area contributed by atoms with E-state index in [1.165, 1.54) is 12.0 Å². The van der Waals surface area contributed by atoms with Gasteiger partial charge >= 0.3 is 6.09 Å². The van der Waals surface area contributed by atoms with Crippen molar-refractivity contribution in [2.24, 2.45) is 5.92 Å². The molecule has 32 heavy (non-hydrogen) atoms. The summed E-state index contributed by atoms with van der Waals surface area (Å²) in [6.45, 7) is 8.61. The number of hydrogen-bond acceptors (Lipinski definition) is 4. The van der Waals surface area contributed by atoms with Crippen LogP contribution in [0.1, 0.15) is 65.4 Å². The molecule has 6 nitrogen and oxygen atoms in total. The summed E-state index contributed by atoms with van der Waals surface area (Å²) in [5.74, 6) is -0.148. The first kappa shape index (κ1) is 25.6. The lowest BCUT2D eigenvalue weighted by Gasteiger charge is -2.25. The van der Waals surface area contributed by atoms with Gasteiger partial charge in [0.1, 0.15) is 5.60 Å². The summed E-state index contributed by atoms with van der Waals surface area (Å²) >= 11 is 0. The molecular weight excluding hydrogens is 404 g/mol. The number of carbonyl (C=O) groups is 3. The maximum atomic E-state index is 12.8. The van der Waals surface area contributed by atoms with Crippen LogP contribution in [-0.4, -0.2) is 47.4 Å². The van der Waals surface area contributed by atoms with Crippen LogP contribution >= 0.6 is 0 Å². The quantitative estimate of drug-likeness (QED) is 0.564. The van der Waals surface area contributed by atoms with E-state index in [0.717, 1.165) is 38.8 Å². The molecule has 1 fully saturated rings. The molecule has 1 N–H and O–H groups in total. The van der Waals surface area contributed by atoms with Gasteiger partial charge in [-0.2, -0.15) is 0 Å². The summed E-state index contributed by atoms with van der Waals surface area (Å²) in [5.41, 5.74) is 0.573. The third kappa shape index (κ3) is 9.67. The molecule has 1 aromatic rings. The maximum Gasteiger partial charge on any atom is 0.408 e. The molecule has 2 amide bonds. The number of carbonyl (C=O) groups excluding carboxylic acids is 3. The molecule has 0 aromatic heterocycles. The molecule has 2 rings (SSSR count). The molecule has 0 radical (unpaired) electrons. The minimum Gasteiger partial charge on any atom is -0.444 e. The number of amides is 2. The lowest BCUT2D eigenvalue weighted by atomic mass is 9.92. The summed E-state index contributed by atoms with van der Waals surface area (Å²) in [6, 6.07) is 9.44. The predicted octanol–water partition coefficient (Wildman–Crippen LogP) is 4.68. The van der Waals surface area contributed by atoms with Crippen molar-refractivity contribution in [2.75, 3.05) is 13.1 Å². The number of Topliss-reactive ketones (excluding diaryl/α,β-unsaturated/α-hetero) is 1. The number of nitrogens with one attached hydrogen (secondary N) is 1. The van der Waals surface area contributed by atoms with E-state index in [2.05, 4.69) is 17.4 Å². The number of nitrogens with zero attached hydrogens (tertiary/aromatic N) is 1. The van der Waals surface area contributed by atoms with Crippen LogP contribution in [0.15, 0.2) is 42.5 Å². The molecule has 0 aliphatic carbocycles. The second-order valence-corrected chi connectivity index (χ2v) is 9.57. The fourth-order valence-corrected chi connectivity index (χ4v) is 3.70. The number of benzene rings is 1. The third-order valence-electron chi connectivity index (χ3n) is 5.50. The molecule has 0 unspecified atom stereocenters. The topological polar surface area (TPSA) is 75.7 Å². The normalized spacial score (nSPS) is 16.4. The molecular formula is C26H38N2O4. The predicted molar refractivity (Wildman–Crippen MR) is 126 cm³/mol. The van der Waals surface area contributed by atoms with E-state index in [1.54, 1.807) is 33.8 Å². The van der Waals surface area contributed by atoms with Gasteiger partial charge in [0, 0.05) is 19.5 Å². The monoisotopic (exact) mass is 442 g/mol. The number of hydrogen-bond donors (Lipinski definition) is 1. The van der Waals surface area contributed by atoms with Gasteiger partial charge in [-0.25, -0.2) is 4.79 Å². The SMILES string of the molecule is C[C@H](NC(=O)OC(C)(C)C)C(=O)C[C@H](/C=C/C(=O)N1CCCCC1)CCc1ccccc1. The van der Waals surface area contributed by atoms with Gasteiger partial charge in [0.05, 0.1) is 6.04 Å². The Labute approximate surface area is 192 Å². The molecule has 0 spiro atoms. The van der Waals surface area contributed by atoms with Crippen molar-refractivity contribution in [3.8, 4) is 0 Å². The van der Waals surface area contributed by atoms with Crippen LogP contribution < -0.4 is 5.32 Å². The first-order valence-electron chi connectivity index (χ1n) is 11.7. The Balaban J connectivity index is 1.98. The van der Waals surface area contributed by atoms with Crippen LogP contribution in [0.3, 0.4) is 0 Å². The molecule has 1 saturated heterocycles. The first-order valence-corrected chi connectivity index (χ1v) is 11.7. The van der Waals surface area contributed by atoms with Gasteiger partial charge in [-0.3, -0.25) is 9.59 Å². The van der Waals surface area contributed by atoms with E-state index in [1.807, 2.05) is 29.2 Å². The van der Waals surface area contributed by atoms with Gasteiger partial charge in [-0.1, -0.05) is 36.4 Å². The Kier molecular flexibility index (Phi) is 9.95. The number of piperidine rings is 1. The Hall–Kier alpha value is -2.63. The van der Waals surface area contributed by atoms with Gasteiger partial charge in [0.2, 0.25) is 5.91 Å². The number of allylic oxidation sites excluding steroid dienone is 1. The molecule has 2 atom stereocenters. The van der Waals surface area contributed by atoms with Crippen molar-refractivity contribution < 1.29 is 19.1 Å². The number of alkyl carbamates (subject to hydrolysis) is 1. The Bertz CT molecular complexity index is 777. The number of ketones is 1. The van der Waals surface area contributed by atoms with Crippen LogP contribution in [0.25, 0.3) is 0 Å². The Morgan fingerprint density at radius 3 is 2.38 bits per heavy atom. The summed E-state index contributed by atoms with van der Waals surface area (Å²) < 4.78 is 5.25. The zero-order chi connectivity index (χ0) is 23.6. The lowest BCUT2D eigenvalue weighted by Crippen LogP contribution is -2.42. The number of aryl methyl sites for hydroxylation is 1. The van der Waals surface area contributed by atoms with E-state index in [0.29, 0.717) is 0 Å². The van der Waals surface area contributed by atoms with Gasteiger partial charge < -0.3 is 15.0 Å². The van der Waals surface area contributed by atoms with Crippen molar-refractivity contribution in [2.45, 2.75) is 77.9 Å². The lowest BCUT2D eigenvalue weighted by molar-refractivity contribution is -0.127. The van der Waals surface area contributed by atoms with E-state index in [9.17, 15) is 14.4 Å². The number of likely N-dealkylation sites (tertiary alicyclic amines) is 1. The van der Waals surface area contributed by atoms with Crippen molar-refractivity contribution in [1.29, 1.82) is 0 Å². The molecule has 0 bridgehead atoms. The largest absolute Gasteiger partial charge is 0.444 e. The Morgan fingerprint density at radius 1 is 1.09 bits per heavy atom. The molecule has 176 valence electrons. The van der Waals surface area contributed by atoms with E-state index in [4.69, 9.17) is 4.74 Å². The highest BCUT2D eigenvalue weighted by Crippen LogP contribution is 2.18. The Morgan fingerprint density at radius 2 is 1.75 bits per heavy atom. The fourth-order valence-electron chi connectivity index (χ4n) is 3.70. The smallest absolute Gasteiger partial charge is 0.408 e. The van der Waals surface area contributed by atoms with Gasteiger partial charge in [-0.05, 0) is 77.4 Å². The van der Waals surface area contributed by atoms with Crippen molar-refractivity contribution >= 4 is 17.8 Å². The van der Waals surface area contributed by atoms with Gasteiger partial charge in [-0.15, -0.1) is 0 Å². The van der Waals surface area contributed by atoms with Crippen LogP contribution in [0.5, 0.6) is 0 Å². The van der Waals surface area contributed by atoms with Crippen LogP contribution in [0.2, 0.25) is 0 Å². The summed E-state index contributed by atoms with van der Waals surface area (Å²) in [6.07, 6.45) is 7.98. The van der Waals surface area contributed by atoms with E-state index >= 15 is 0 Å². The number of ether oxygens (including phenoxy) is 1. The molecule has 1 aromatic carbocycles. The average Bonchev–Trinajstić information content (AvgIpc) is 2.75. The molecule has 1 aliphatic rings. The maximum absolute atomic E-state index is 12.8. The minimum atomic E-state index is -0.657. The highest BCUT2D eigenvalue weighted by molar-refractivity contribution is 5.89. The summed E-state index contributed by atoms with van der Waals surface area (Å²) in [5, 5.41) is 2.62. The van der Waals surface area contributed by atoms with Crippen molar-refractivity contribution in [3.05, 3.63) is 48.0 Å². The number of rotatable bonds is 9. The molecule has 1 heterocycles. The fraction of sp³-hybridized carbons (Fsp3) is 0.577. The minimum absolute atomic E-state index is 0.0155. The van der Waals surface area contributed by atoms with E-state index in [-0.39, 0.29) is 24.0 Å². The molecule has 1 aliphatic heterocycles. The van der Waals surface area contributed by atoms with Crippen molar-refractivity contribution in [3.63, 3.8) is 0 Å². The second-order valence-electron chi connectivity index (χ2n) is 9.57. The van der Waals surface area contributed by atoms with Crippen molar-refractivity contribution in [1.82, 2.24) is 10.2 Å².